The highest BCUT2D eigenvalue weighted by molar-refractivity contribution is 5.78. The lowest BCUT2D eigenvalue weighted by atomic mass is 10.1. The van der Waals surface area contributed by atoms with E-state index in [1.807, 2.05) is 54.6 Å². The van der Waals surface area contributed by atoms with Crippen molar-refractivity contribution in [2.75, 3.05) is 26.2 Å². The van der Waals surface area contributed by atoms with Gasteiger partial charge < -0.3 is 15.0 Å². The highest BCUT2D eigenvalue weighted by Crippen LogP contribution is 2.29. The van der Waals surface area contributed by atoms with Gasteiger partial charge in [-0.3, -0.25) is 4.79 Å². The first-order chi connectivity index (χ1) is 12.3. The van der Waals surface area contributed by atoms with Gasteiger partial charge in [-0.05, 0) is 18.6 Å². The van der Waals surface area contributed by atoms with E-state index in [1.165, 1.54) is 19.4 Å². The second-order valence-corrected chi connectivity index (χ2v) is 6.56. The van der Waals surface area contributed by atoms with Crippen LogP contribution in [0.2, 0.25) is 0 Å². The van der Waals surface area contributed by atoms with Crippen LogP contribution in [0.4, 0.5) is 0 Å². The van der Waals surface area contributed by atoms with Crippen molar-refractivity contribution in [2.24, 2.45) is 0 Å². The Balaban J connectivity index is 1.54. The van der Waals surface area contributed by atoms with Gasteiger partial charge in [0.15, 0.2) is 6.61 Å². The highest BCUT2D eigenvalue weighted by atomic mass is 16.5. The third-order valence-electron chi connectivity index (χ3n) is 4.96. The number of likely N-dealkylation sites (tertiary alicyclic amines) is 1. The van der Waals surface area contributed by atoms with Crippen LogP contribution in [-0.2, 0) is 4.79 Å². The van der Waals surface area contributed by atoms with Crippen LogP contribution < -0.4 is 15.0 Å². The maximum Gasteiger partial charge on any atom is 0.258 e. The number of likely N-dealkylation sites (N-methyl/N-ethyl adjacent to an activating group) is 1. The minimum atomic E-state index is -0.0507. The normalized spacial score (nSPS) is 19.6. The van der Waals surface area contributed by atoms with Gasteiger partial charge in [-0.2, -0.15) is 0 Å². The van der Waals surface area contributed by atoms with Gasteiger partial charge in [0.2, 0.25) is 0 Å². The average Bonchev–Trinajstić information content (AvgIpc) is 3.13. The van der Waals surface area contributed by atoms with Crippen molar-refractivity contribution in [3.8, 4) is 16.9 Å². The summed E-state index contributed by atoms with van der Waals surface area (Å²) < 4.78 is 5.80. The minimum Gasteiger partial charge on any atom is -0.483 e. The van der Waals surface area contributed by atoms with Gasteiger partial charge in [0.1, 0.15) is 11.8 Å². The molecular formula is C21H27N2O2+. The van der Waals surface area contributed by atoms with Crippen LogP contribution in [0.25, 0.3) is 11.1 Å². The Morgan fingerprint density at radius 1 is 1.16 bits per heavy atom. The predicted molar refractivity (Wildman–Crippen MR) is 99.8 cm³/mol. The molecule has 1 fully saturated rings. The molecule has 1 unspecified atom stereocenters. The number of rotatable bonds is 7. The fourth-order valence-corrected chi connectivity index (χ4v) is 3.58. The Kier molecular flexibility index (Phi) is 6.07. The molecule has 0 radical (unpaired) electrons. The standard InChI is InChI=1S/C21H26N2O2/c1-2-23-14-8-11-18(23)15-22-21(24)16-25-20-13-7-6-12-19(20)17-9-4-3-5-10-17/h3-7,9-10,12-13,18H,2,8,11,14-16H2,1H3,(H,22,24)/p+1/t18-/m1/s1. The Bertz CT molecular complexity index is 687. The van der Waals surface area contributed by atoms with Crippen LogP contribution in [0.15, 0.2) is 54.6 Å². The van der Waals surface area contributed by atoms with Crippen LogP contribution in [-0.4, -0.2) is 38.2 Å². The molecule has 0 saturated carbocycles. The largest absolute Gasteiger partial charge is 0.483 e. The van der Waals surface area contributed by atoms with Gasteiger partial charge in [-0.1, -0.05) is 48.5 Å². The summed E-state index contributed by atoms with van der Waals surface area (Å²) >= 11 is 0. The molecule has 4 nitrogen and oxygen atoms in total. The molecule has 1 heterocycles. The van der Waals surface area contributed by atoms with E-state index >= 15 is 0 Å². The first-order valence-electron chi connectivity index (χ1n) is 9.16. The molecule has 132 valence electrons. The molecule has 0 aliphatic carbocycles. The summed E-state index contributed by atoms with van der Waals surface area (Å²) in [6.07, 6.45) is 2.45. The molecule has 3 rings (SSSR count). The van der Waals surface area contributed by atoms with Crippen molar-refractivity contribution < 1.29 is 14.4 Å². The fourth-order valence-electron chi connectivity index (χ4n) is 3.58. The van der Waals surface area contributed by atoms with Gasteiger partial charge >= 0.3 is 0 Å². The monoisotopic (exact) mass is 339 g/mol. The molecule has 0 spiro atoms. The Morgan fingerprint density at radius 3 is 2.72 bits per heavy atom. The number of amides is 1. The van der Waals surface area contributed by atoms with Crippen LogP contribution in [0, 0.1) is 0 Å². The molecule has 0 bridgehead atoms. The summed E-state index contributed by atoms with van der Waals surface area (Å²) in [5.41, 5.74) is 2.10. The van der Waals surface area contributed by atoms with E-state index in [2.05, 4.69) is 12.2 Å². The van der Waals surface area contributed by atoms with Gasteiger partial charge in [0, 0.05) is 18.4 Å². The number of carbonyl (C=O) groups is 1. The summed E-state index contributed by atoms with van der Waals surface area (Å²) in [6.45, 7) is 5.35. The molecule has 1 aliphatic rings. The van der Waals surface area contributed by atoms with Crippen molar-refractivity contribution in [3.63, 3.8) is 0 Å². The number of nitrogens with one attached hydrogen (secondary N) is 2. The SMILES string of the molecule is CC[NH+]1CCC[C@@H]1CNC(=O)COc1ccccc1-c1ccccc1. The Labute approximate surface area is 149 Å². The molecule has 2 atom stereocenters. The van der Waals surface area contributed by atoms with Crippen molar-refractivity contribution >= 4 is 5.91 Å². The minimum absolute atomic E-state index is 0.0507. The third-order valence-corrected chi connectivity index (χ3v) is 4.96. The van der Waals surface area contributed by atoms with Crippen molar-refractivity contribution in [3.05, 3.63) is 54.6 Å². The molecule has 1 amide bonds. The van der Waals surface area contributed by atoms with Crippen molar-refractivity contribution in [1.82, 2.24) is 5.32 Å². The summed E-state index contributed by atoms with van der Waals surface area (Å²) in [7, 11) is 0. The second kappa shape index (κ2) is 8.67. The van der Waals surface area contributed by atoms with Crippen LogP contribution in [0.3, 0.4) is 0 Å². The van der Waals surface area contributed by atoms with Crippen LogP contribution in [0.1, 0.15) is 19.8 Å². The Morgan fingerprint density at radius 2 is 1.92 bits per heavy atom. The average molecular weight is 339 g/mol. The molecular weight excluding hydrogens is 312 g/mol. The topological polar surface area (TPSA) is 42.8 Å². The van der Waals surface area contributed by atoms with Crippen LogP contribution >= 0.6 is 0 Å². The Hall–Kier alpha value is -2.33. The molecule has 1 saturated heterocycles. The zero-order chi connectivity index (χ0) is 17.5. The van der Waals surface area contributed by atoms with Crippen LogP contribution in [0.5, 0.6) is 5.75 Å². The summed E-state index contributed by atoms with van der Waals surface area (Å²) in [4.78, 5) is 13.8. The summed E-state index contributed by atoms with van der Waals surface area (Å²) in [6, 6.07) is 18.5. The number of carbonyl (C=O) groups excluding carboxylic acids is 1. The van der Waals surface area contributed by atoms with Crippen molar-refractivity contribution in [2.45, 2.75) is 25.8 Å². The zero-order valence-corrected chi connectivity index (χ0v) is 14.8. The summed E-state index contributed by atoms with van der Waals surface area (Å²) in [5.74, 6) is 0.691. The quantitative estimate of drug-likeness (QED) is 0.809. The number of ether oxygens (including phenoxy) is 1. The van der Waals surface area contributed by atoms with Gasteiger partial charge in [0.25, 0.3) is 5.91 Å². The molecule has 2 N–H and O–H groups in total. The third kappa shape index (κ3) is 4.60. The van der Waals surface area contributed by atoms with E-state index in [1.54, 1.807) is 4.90 Å². The van der Waals surface area contributed by atoms with E-state index in [9.17, 15) is 4.79 Å². The lowest BCUT2D eigenvalue weighted by Gasteiger charge is -2.20. The van der Waals surface area contributed by atoms with E-state index < -0.39 is 0 Å². The van der Waals surface area contributed by atoms with E-state index in [4.69, 9.17) is 4.74 Å². The smallest absolute Gasteiger partial charge is 0.258 e. The molecule has 4 heteroatoms. The predicted octanol–water partition coefficient (Wildman–Crippen LogP) is 1.92. The molecule has 2 aromatic rings. The molecule has 1 aliphatic heterocycles. The van der Waals surface area contributed by atoms with Gasteiger partial charge in [0.05, 0.1) is 19.6 Å². The number of quaternary nitrogens is 1. The maximum atomic E-state index is 12.2. The zero-order valence-electron chi connectivity index (χ0n) is 14.8. The summed E-state index contributed by atoms with van der Waals surface area (Å²) in [5, 5.41) is 3.03. The number of benzene rings is 2. The lowest BCUT2D eigenvalue weighted by Crippen LogP contribution is -3.14. The lowest BCUT2D eigenvalue weighted by molar-refractivity contribution is -0.909. The molecule has 0 aromatic heterocycles. The number of hydrogen-bond donors (Lipinski definition) is 2. The van der Waals surface area contributed by atoms with Gasteiger partial charge in [-0.25, -0.2) is 0 Å². The molecule has 25 heavy (non-hydrogen) atoms. The van der Waals surface area contributed by atoms with E-state index in [0.717, 1.165) is 30.0 Å². The van der Waals surface area contributed by atoms with E-state index in [-0.39, 0.29) is 12.5 Å². The molecule has 2 aromatic carbocycles. The fraction of sp³-hybridized carbons (Fsp3) is 0.381. The van der Waals surface area contributed by atoms with E-state index in [0.29, 0.717) is 6.04 Å². The number of hydrogen-bond acceptors (Lipinski definition) is 2. The maximum absolute atomic E-state index is 12.2. The highest BCUT2D eigenvalue weighted by Gasteiger charge is 2.27. The first-order valence-corrected chi connectivity index (χ1v) is 9.16. The van der Waals surface area contributed by atoms with Crippen molar-refractivity contribution in [1.29, 1.82) is 0 Å². The number of para-hydroxylation sites is 1. The van der Waals surface area contributed by atoms with Gasteiger partial charge in [-0.15, -0.1) is 0 Å². The second-order valence-electron chi connectivity index (χ2n) is 6.56. The first kappa shape index (κ1) is 17.5.